The Morgan fingerprint density at radius 3 is 2.62 bits per heavy atom. The van der Waals surface area contributed by atoms with Crippen LogP contribution >= 0.6 is 11.3 Å². The predicted molar refractivity (Wildman–Crippen MR) is 87.9 cm³/mol. The van der Waals surface area contributed by atoms with Crippen molar-refractivity contribution >= 4 is 11.3 Å². The van der Waals surface area contributed by atoms with E-state index in [1.807, 2.05) is 11.3 Å². The molecule has 21 heavy (non-hydrogen) atoms. The molecule has 5 rings (SSSR count). The first-order valence-electron chi connectivity index (χ1n) is 8.66. The molecule has 1 aromatic rings. The van der Waals surface area contributed by atoms with E-state index in [9.17, 15) is 0 Å². The Morgan fingerprint density at radius 2 is 2.00 bits per heavy atom. The summed E-state index contributed by atoms with van der Waals surface area (Å²) in [7, 11) is 0. The molecule has 116 valence electrons. The van der Waals surface area contributed by atoms with Crippen LogP contribution in [0, 0.1) is 5.92 Å². The minimum absolute atomic E-state index is 0.132. The van der Waals surface area contributed by atoms with Crippen molar-refractivity contribution in [2.75, 3.05) is 19.6 Å². The van der Waals surface area contributed by atoms with Crippen molar-refractivity contribution in [1.29, 1.82) is 0 Å². The molecule has 3 nitrogen and oxygen atoms in total. The van der Waals surface area contributed by atoms with Gasteiger partial charge in [-0.15, -0.1) is 11.3 Å². The van der Waals surface area contributed by atoms with Crippen LogP contribution in [0.1, 0.15) is 55.1 Å². The lowest BCUT2D eigenvalue weighted by Gasteiger charge is -2.53. The SMILES string of the molecule is CC(C)NC1(c2nc3c(s2)CCCC3)CN2CCC1CC2. The van der Waals surface area contributed by atoms with Gasteiger partial charge in [0.2, 0.25) is 0 Å². The quantitative estimate of drug-likeness (QED) is 0.930. The molecule has 0 spiro atoms. The number of nitrogens with zero attached hydrogens (tertiary/aromatic N) is 2. The normalized spacial score (nSPS) is 35.2. The molecular formula is C17H27N3S. The Bertz CT molecular complexity index is 489. The third kappa shape index (κ3) is 2.36. The topological polar surface area (TPSA) is 28.2 Å². The second kappa shape index (κ2) is 5.32. The van der Waals surface area contributed by atoms with E-state index in [1.54, 1.807) is 4.88 Å². The smallest absolute Gasteiger partial charge is 0.115 e. The maximum absolute atomic E-state index is 5.15. The lowest BCUT2D eigenvalue weighted by atomic mass is 9.72. The van der Waals surface area contributed by atoms with Gasteiger partial charge < -0.3 is 10.2 Å². The Morgan fingerprint density at radius 1 is 1.24 bits per heavy atom. The lowest BCUT2D eigenvalue weighted by molar-refractivity contribution is -0.00173. The van der Waals surface area contributed by atoms with E-state index in [1.165, 1.54) is 68.9 Å². The fourth-order valence-electron chi connectivity index (χ4n) is 4.59. The van der Waals surface area contributed by atoms with E-state index in [0.717, 1.165) is 5.92 Å². The molecule has 1 N–H and O–H groups in total. The van der Waals surface area contributed by atoms with Gasteiger partial charge >= 0.3 is 0 Å². The van der Waals surface area contributed by atoms with E-state index < -0.39 is 0 Å². The Hall–Kier alpha value is -0.450. The zero-order valence-corrected chi connectivity index (χ0v) is 14.1. The van der Waals surface area contributed by atoms with Crippen LogP contribution in [0.4, 0.5) is 0 Å². The van der Waals surface area contributed by atoms with Gasteiger partial charge in [0.15, 0.2) is 0 Å². The maximum atomic E-state index is 5.15. The maximum Gasteiger partial charge on any atom is 0.115 e. The van der Waals surface area contributed by atoms with Crippen LogP contribution in [0.2, 0.25) is 0 Å². The zero-order valence-electron chi connectivity index (χ0n) is 13.3. The largest absolute Gasteiger partial charge is 0.302 e. The summed E-state index contributed by atoms with van der Waals surface area (Å²) in [5.74, 6) is 0.775. The second-order valence-electron chi connectivity index (χ2n) is 7.42. The van der Waals surface area contributed by atoms with Crippen molar-refractivity contribution in [3.8, 4) is 0 Å². The van der Waals surface area contributed by atoms with E-state index in [4.69, 9.17) is 4.98 Å². The number of hydrogen-bond acceptors (Lipinski definition) is 4. The average Bonchev–Trinajstić information content (AvgIpc) is 2.92. The van der Waals surface area contributed by atoms with E-state index >= 15 is 0 Å². The van der Waals surface area contributed by atoms with Crippen LogP contribution in [0.5, 0.6) is 0 Å². The Balaban J connectivity index is 1.74. The van der Waals surface area contributed by atoms with Gasteiger partial charge in [0.1, 0.15) is 5.01 Å². The number of nitrogens with one attached hydrogen (secondary N) is 1. The highest BCUT2D eigenvalue weighted by Gasteiger charge is 2.50. The highest BCUT2D eigenvalue weighted by Crippen LogP contribution is 2.45. The van der Waals surface area contributed by atoms with Gasteiger partial charge in [-0.05, 0) is 71.4 Å². The molecule has 2 bridgehead atoms. The molecule has 4 aliphatic rings. The highest BCUT2D eigenvalue weighted by molar-refractivity contribution is 7.11. The van der Waals surface area contributed by atoms with Gasteiger partial charge in [-0.3, -0.25) is 0 Å². The van der Waals surface area contributed by atoms with Gasteiger partial charge in [-0.1, -0.05) is 0 Å². The van der Waals surface area contributed by atoms with Crippen molar-refractivity contribution in [2.24, 2.45) is 5.92 Å². The first kappa shape index (κ1) is 14.2. The molecule has 1 unspecified atom stereocenters. The molecule has 1 aromatic heterocycles. The molecule has 3 aliphatic heterocycles. The Kier molecular flexibility index (Phi) is 3.59. The number of aryl methyl sites for hydroxylation is 2. The summed E-state index contributed by atoms with van der Waals surface area (Å²) in [6, 6.07) is 0.520. The van der Waals surface area contributed by atoms with Gasteiger partial charge in [0, 0.05) is 17.5 Å². The van der Waals surface area contributed by atoms with Crippen LogP contribution in [-0.2, 0) is 18.4 Å². The number of rotatable bonds is 3. The van der Waals surface area contributed by atoms with Gasteiger partial charge in [-0.2, -0.15) is 0 Å². The number of hydrogen-bond donors (Lipinski definition) is 1. The first-order chi connectivity index (χ1) is 10.2. The molecule has 3 fully saturated rings. The summed E-state index contributed by atoms with van der Waals surface area (Å²) in [5, 5.41) is 5.36. The summed E-state index contributed by atoms with van der Waals surface area (Å²) < 4.78 is 0. The molecule has 1 aliphatic carbocycles. The molecule has 1 atom stereocenters. The fourth-order valence-corrected chi connectivity index (χ4v) is 5.96. The van der Waals surface area contributed by atoms with Crippen LogP contribution in [0.15, 0.2) is 0 Å². The Labute approximate surface area is 132 Å². The van der Waals surface area contributed by atoms with Gasteiger partial charge in [0.25, 0.3) is 0 Å². The van der Waals surface area contributed by atoms with Crippen molar-refractivity contribution in [1.82, 2.24) is 15.2 Å². The molecule has 3 saturated heterocycles. The highest BCUT2D eigenvalue weighted by atomic mass is 32.1. The predicted octanol–water partition coefficient (Wildman–Crippen LogP) is 2.94. The minimum Gasteiger partial charge on any atom is -0.302 e. The molecule has 4 heteroatoms. The number of fused-ring (bicyclic) bond motifs is 4. The van der Waals surface area contributed by atoms with E-state index in [2.05, 4.69) is 24.1 Å². The third-order valence-corrected chi connectivity index (χ3v) is 6.87. The molecule has 0 radical (unpaired) electrons. The number of piperidine rings is 3. The van der Waals surface area contributed by atoms with Crippen molar-refractivity contribution in [3.63, 3.8) is 0 Å². The van der Waals surface area contributed by atoms with Crippen molar-refractivity contribution < 1.29 is 0 Å². The van der Waals surface area contributed by atoms with E-state index in [0.29, 0.717) is 6.04 Å². The van der Waals surface area contributed by atoms with Crippen LogP contribution in [0.25, 0.3) is 0 Å². The minimum atomic E-state index is 0.132. The third-order valence-electron chi connectivity index (χ3n) is 5.53. The molecule has 0 aromatic carbocycles. The average molecular weight is 305 g/mol. The summed E-state index contributed by atoms with van der Waals surface area (Å²) in [6.45, 7) is 8.32. The lowest BCUT2D eigenvalue weighted by Crippen LogP contribution is -2.64. The van der Waals surface area contributed by atoms with Gasteiger partial charge in [-0.25, -0.2) is 4.98 Å². The second-order valence-corrected chi connectivity index (χ2v) is 8.50. The first-order valence-corrected chi connectivity index (χ1v) is 9.48. The molecule has 4 heterocycles. The van der Waals surface area contributed by atoms with Crippen LogP contribution in [-0.4, -0.2) is 35.6 Å². The van der Waals surface area contributed by atoms with E-state index in [-0.39, 0.29) is 5.54 Å². The van der Waals surface area contributed by atoms with Gasteiger partial charge in [0.05, 0.1) is 11.2 Å². The molecule has 0 amide bonds. The van der Waals surface area contributed by atoms with Crippen molar-refractivity contribution in [2.45, 2.75) is 64.0 Å². The summed E-state index contributed by atoms with van der Waals surface area (Å²) in [4.78, 5) is 9.38. The number of aromatic nitrogens is 1. The standard InChI is InChI=1S/C17H27N3S/c1-12(2)19-17(11-20-9-7-13(17)8-10-20)16-18-14-5-3-4-6-15(14)21-16/h12-13,19H,3-11H2,1-2H3. The van der Waals surface area contributed by atoms with Crippen LogP contribution < -0.4 is 5.32 Å². The van der Waals surface area contributed by atoms with Crippen LogP contribution in [0.3, 0.4) is 0 Å². The summed E-state index contributed by atoms with van der Waals surface area (Å²) in [6.07, 6.45) is 7.83. The molecule has 0 saturated carbocycles. The number of thiazole rings is 1. The van der Waals surface area contributed by atoms with Crippen molar-refractivity contribution in [3.05, 3.63) is 15.6 Å². The zero-order chi connectivity index (χ0) is 14.4. The summed E-state index contributed by atoms with van der Waals surface area (Å²) >= 11 is 2.02. The summed E-state index contributed by atoms with van der Waals surface area (Å²) in [5.41, 5.74) is 1.55. The monoisotopic (exact) mass is 305 g/mol. The fraction of sp³-hybridized carbons (Fsp3) is 0.824. The molecular weight excluding hydrogens is 278 g/mol.